The first kappa shape index (κ1) is 11.3. The lowest BCUT2D eigenvalue weighted by Crippen LogP contribution is -2.00. The van der Waals surface area contributed by atoms with Crippen LogP contribution in [0.25, 0.3) is 11.1 Å². The van der Waals surface area contributed by atoms with Crippen LogP contribution in [0.15, 0.2) is 36.7 Å². The summed E-state index contributed by atoms with van der Waals surface area (Å²) < 4.78 is 13.1. The number of halogens is 1. The van der Waals surface area contributed by atoms with E-state index in [9.17, 15) is 9.18 Å². The summed E-state index contributed by atoms with van der Waals surface area (Å²) in [5, 5.41) is 9.07. The molecular formula is C13H10FNO2. The second-order valence-corrected chi connectivity index (χ2v) is 3.75. The number of nitrogens with zero attached hydrogens (tertiary/aromatic N) is 1. The second kappa shape index (κ2) is 4.33. The number of carboxylic acids is 1. The van der Waals surface area contributed by atoms with Crippen molar-refractivity contribution < 1.29 is 14.3 Å². The van der Waals surface area contributed by atoms with Crippen LogP contribution in [0.2, 0.25) is 0 Å². The average molecular weight is 231 g/mol. The van der Waals surface area contributed by atoms with E-state index < -0.39 is 11.8 Å². The molecule has 0 spiro atoms. The van der Waals surface area contributed by atoms with E-state index in [4.69, 9.17) is 5.11 Å². The van der Waals surface area contributed by atoms with Gasteiger partial charge >= 0.3 is 5.97 Å². The van der Waals surface area contributed by atoms with Gasteiger partial charge in [0.05, 0.1) is 11.8 Å². The Balaban J connectivity index is 2.65. The molecule has 0 atom stereocenters. The molecule has 0 amide bonds. The molecule has 1 aromatic heterocycles. The summed E-state index contributed by atoms with van der Waals surface area (Å²) in [7, 11) is 0. The molecule has 0 bridgehead atoms. The molecule has 0 aliphatic rings. The van der Waals surface area contributed by atoms with Crippen LogP contribution in [0.5, 0.6) is 0 Å². The van der Waals surface area contributed by atoms with Gasteiger partial charge < -0.3 is 5.11 Å². The van der Waals surface area contributed by atoms with Crippen molar-refractivity contribution in [2.24, 2.45) is 0 Å². The molecule has 1 heterocycles. The summed E-state index contributed by atoms with van der Waals surface area (Å²) in [6.45, 7) is 1.85. The van der Waals surface area contributed by atoms with Crippen molar-refractivity contribution in [2.75, 3.05) is 0 Å². The van der Waals surface area contributed by atoms with E-state index in [0.29, 0.717) is 11.1 Å². The summed E-state index contributed by atoms with van der Waals surface area (Å²) in [5.74, 6) is -1.52. The largest absolute Gasteiger partial charge is 0.478 e. The van der Waals surface area contributed by atoms with Gasteiger partial charge in [-0.25, -0.2) is 9.18 Å². The zero-order valence-corrected chi connectivity index (χ0v) is 9.14. The molecule has 0 fully saturated rings. The maximum Gasteiger partial charge on any atom is 0.336 e. The molecule has 0 unspecified atom stereocenters. The summed E-state index contributed by atoms with van der Waals surface area (Å²) in [6.07, 6.45) is 2.53. The van der Waals surface area contributed by atoms with E-state index in [1.54, 1.807) is 12.1 Å². The highest BCUT2D eigenvalue weighted by Crippen LogP contribution is 2.25. The number of aryl methyl sites for hydroxylation is 1. The normalized spacial score (nSPS) is 10.2. The highest BCUT2D eigenvalue weighted by atomic mass is 19.1. The molecule has 0 aliphatic carbocycles. The Hall–Kier alpha value is -2.23. The molecule has 0 saturated heterocycles. The van der Waals surface area contributed by atoms with Crippen molar-refractivity contribution in [1.29, 1.82) is 0 Å². The highest BCUT2D eigenvalue weighted by molar-refractivity contribution is 5.96. The van der Waals surface area contributed by atoms with Crippen LogP contribution in [0.3, 0.4) is 0 Å². The Morgan fingerprint density at radius 1 is 1.29 bits per heavy atom. The van der Waals surface area contributed by atoms with Crippen molar-refractivity contribution in [3.05, 3.63) is 53.6 Å². The third-order valence-corrected chi connectivity index (χ3v) is 2.42. The molecule has 3 nitrogen and oxygen atoms in total. The summed E-state index contributed by atoms with van der Waals surface area (Å²) >= 11 is 0. The fraction of sp³-hybridized carbons (Fsp3) is 0.0769. The van der Waals surface area contributed by atoms with Crippen molar-refractivity contribution in [3.8, 4) is 11.1 Å². The molecular weight excluding hydrogens is 221 g/mol. The smallest absolute Gasteiger partial charge is 0.336 e. The fourth-order valence-electron chi connectivity index (χ4n) is 1.64. The molecule has 1 N–H and O–H groups in total. The lowest BCUT2D eigenvalue weighted by molar-refractivity contribution is 0.0697. The Bertz CT molecular complexity index is 581. The van der Waals surface area contributed by atoms with Crippen molar-refractivity contribution in [3.63, 3.8) is 0 Å². The van der Waals surface area contributed by atoms with Gasteiger partial charge in [0, 0.05) is 11.8 Å². The van der Waals surface area contributed by atoms with Gasteiger partial charge in [-0.1, -0.05) is 17.7 Å². The third-order valence-electron chi connectivity index (χ3n) is 2.42. The van der Waals surface area contributed by atoms with Crippen LogP contribution in [-0.2, 0) is 0 Å². The minimum absolute atomic E-state index is 0.142. The second-order valence-electron chi connectivity index (χ2n) is 3.75. The molecule has 2 rings (SSSR count). The molecule has 1 aromatic carbocycles. The first-order chi connectivity index (χ1) is 8.08. The van der Waals surface area contributed by atoms with E-state index in [0.717, 1.165) is 11.8 Å². The monoisotopic (exact) mass is 231 g/mol. The van der Waals surface area contributed by atoms with Crippen LogP contribution in [0, 0.1) is 12.7 Å². The SMILES string of the molecule is Cc1ccc(C(=O)O)c(-c2cncc(F)c2)c1. The standard InChI is InChI=1S/C13H10FNO2/c1-8-2-3-11(13(16)17)12(4-8)9-5-10(14)7-15-6-9/h2-7H,1H3,(H,16,17). The lowest BCUT2D eigenvalue weighted by atomic mass is 9.99. The van der Waals surface area contributed by atoms with Crippen LogP contribution >= 0.6 is 0 Å². The molecule has 0 radical (unpaired) electrons. The van der Waals surface area contributed by atoms with E-state index in [2.05, 4.69) is 4.98 Å². The topological polar surface area (TPSA) is 50.2 Å². The van der Waals surface area contributed by atoms with Crippen LogP contribution in [0.4, 0.5) is 4.39 Å². The average Bonchev–Trinajstić information content (AvgIpc) is 2.28. The number of aromatic carboxylic acids is 1. The number of pyridine rings is 1. The minimum Gasteiger partial charge on any atom is -0.478 e. The summed E-state index contributed by atoms with van der Waals surface area (Å²) in [5.41, 5.74) is 1.99. The summed E-state index contributed by atoms with van der Waals surface area (Å²) in [6, 6.07) is 6.20. The van der Waals surface area contributed by atoms with Crippen LogP contribution < -0.4 is 0 Å². The first-order valence-corrected chi connectivity index (χ1v) is 5.03. The number of hydrogen-bond acceptors (Lipinski definition) is 2. The third kappa shape index (κ3) is 2.30. The molecule has 4 heteroatoms. The maximum atomic E-state index is 13.1. The predicted octanol–water partition coefficient (Wildman–Crippen LogP) is 2.89. The van der Waals surface area contributed by atoms with Gasteiger partial charge in [0.1, 0.15) is 5.82 Å². The van der Waals surface area contributed by atoms with Crippen molar-refractivity contribution in [2.45, 2.75) is 6.92 Å². The zero-order chi connectivity index (χ0) is 12.4. The predicted molar refractivity (Wildman–Crippen MR) is 61.3 cm³/mol. The van der Waals surface area contributed by atoms with E-state index >= 15 is 0 Å². The van der Waals surface area contributed by atoms with Crippen LogP contribution in [0.1, 0.15) is 15.9 Å². The van der Waals surface area contributed by atoms with Gasteiger partial charge in [0.25, 0.3) is 0 Å². The molecule has 2 aromatic rings. The summed E-state index contributed by atoms with van der Waals surface area (Å²) in [4.78, 5) is 14.8. The fourth-order valence-corrected chi connectivity index (χ4v) is 1.64. The number of aromatic nitrogens is 1. The van der Waals surface area contributed by atoms with Gasteiger partial charge in [0.15, 0.2) is 0 Å². The Labute approximate surface area is 97.6 Å². The van der Waals surface area contributed by atoms with Gasteiger partial charge in [-0.15, -0.1) is 0 Å². The van der Waals surface area contributed by atoms with E-state index in [1.807, 2.05) is 6.92 Å². The van der Waals surface area contributed by atoms with Gasteiger partial charge in [-0.3, -0.25) is 4.98 Å². The van der Waals surface area contributed by atoms with Gasteiger partial charge in [0.2, 0.25) is 0 Å². The Kier molecular flexibility index (Phi) is 2.87. The minimum atomic E-state index is -1.04. The van der Waals surface area contributed by atoms with Crippen LogP contribution in [-0.4, -0.2) is 16.1 Å². The van der Waals surface area contributed by atoms with E-state index in [1.165, 1.54) is 18.3 Å². The highest BCUT2D eigenvalue weighted by Gasteiger charge is 2.12. The zero-order valence-electron chi connectivity index (χ0n) is 9.14. The molecule has 0 aliphatic heterocycles. The quantitative estimate of drug-likeness (QED) is 0.864. The molecule has 86 valence electrons. The van der Waals surface area contributed by atoms with E-state index in [-0.39, 0.29) is 5.56 Å². The molecule has 0 saturated carbocycles. The first-order valence-electron chi connectivity index (χ1n) is 5.03. The number of rotatable bonds is 2. The number of carboxylic acid groups (broad SMARTS) is 1. The maximum absolute atomic E-state index is 13.1. The number of hydrogen-bond donors (Lipinski definition) is 1. The Morgan fingerprint density at radius 2 is 2.06 bits per heavy atom. The number of carbonyl (C=O) groups is 1. The van der Waals surface area contributed by atoms with Gasteiger partial charge in [-0.2, -0.15) is 0 Å². The van der Waals surface area contributed by atoms with Crippen molar-refractivity contribution in [1.82, 2.24) is 4.98 Å². The lowest BCUT2D eigenvalue weighted by Gasteiger charge is -2.07. The number of benzene rings is 1. The van der Waals surface area contributed by atoms with Gasteiger partial charge in [-0.05, 0) is 24.6 Å². The Morgan fingerprint density at radius 3 is 2.71 bits per heavy atom. The van der Waals surface area contributed by atoms with Crippen molar-refractivity contribution >= 4 is 5.97 Å². The molecule has 17 heavy (non-hydrogen) atoms.